The van der Waals surface area contributed by atoms with Crippen molar-refractivity contribution < 1.29 is 32.0 Å². The monoisotopic (exact) mass is 620 g/mol. The smallest absolute Gasteiger partial charge is 0.490 e. The van der Waals surface area contributed by atoms with Gasteiger partial charge >= 0.3 is 12.1 Å². The molecule has 0 amide bonds. The zero-order valence-electron chi connectivity index (χ0n) is 24.1. The fourth-order valence-corrected chi connectivity index (χ4v) is 8.00. The normalized spacial score (nSPS) is 19.4. The SMILES string of the molecule is COc1cc(Nc2nc3c(c(N4CCCCC4)n2)S(=O)C2(CCCCC2)C3)ccc1-n1cnc(C)c1.O=C(O)C(F)(F)F. The summed E-state index contributed by atoms with van der Waals surface area (Å²) in [4.78, 5) is 26.4. The van der Waals surface area contributed by atoms with Crippen molar-refractivity contribution in [3.63, 3.8) is 0 Å². The Morgan fingerprint density at radius 2 is 1.77 bits per heavy atom. The Labute approximate surface area is 250 Å². The first-order valence-electron chi connectivity index (χ1n) is 14.3. The van der Waals surface area contributed by atoms with Crippen LogP contribution in [-0.2, 0) is 22.0 Å². The number of piperidine rings is 1. The Balaban J connectivity index is 0.000000472. The molecule has 1 aliphatic carbocycles. The minimum Gasteiger partial charge on any atom is -0.494 e. The summed E-state index contributed by atoms with van der Waals surface area (Å²) >= 11 is 0. The summed E-state index contributed by atoms with van der Waals surface area (Å²) in [7, 11) is 0.611. The number of ether oxygens (including phenoxy) is 1. The highest BCUT2D eigenvalue weighted by Crippen LogP contribution is 2.48. The number of aromatic nitrogens is 4. The Kier molecular flexibility index (Phi) is 8.95. The predicted octanol–water partition coefficient (Wildman–Crippen LogP) is 5.71. The van der Waals surface area contributed by atoms with Crippen LogP contribution < -0.4 is 15.0 Å². The number of fused-ring (bicyclic) bond motifs is 1. The molecule has 43 heavy (non-hydrogen) atoms. The third-order valence-corrected chi connectivity index (χ3v) is 10.2. The number of hydrogen-bond acceptors (Lipinski definition) is 8. The summed E-state index contributed by atoms with van der Waals surface area (Å²) < 4.78 is 53.1. The second kappa shape index (κ2) is 12.5. The molecule has 1 aromatic carbocycles. The van der Waals surface area contributed by atoms with Crippen LogP contribution in [0.1, 0.15) is 62.8 Å². The van der Waals surface area contributed by atoms with Crippen molar-refractivity contribution in [1.29, 1.82) is 0 Å². The molecule has 4 heterocycles. The summed E-state index contributed by atoms with van der Waals surface area (Å²) in [5.74, 6) is -0.586. The number of alkyl halides is 3. The average molecular weight is 621 g/mol. The van der Waals surface area contributed by atoms with E-state index in [-0.39, 0.29) is 4.75 Å². The molecule has 10 nitrogen and oxygen atoms in total. The lowest BCUT2D eigenvalue weighted by atomic mass is 9.85. The van der Waals surface area contributed by atoms with Crippen LogP contribution >= 0.6 is 0 Å². The predicted molar refractivity (Wildman–Crippen MR) is 156 cm³/mol. The highest BCUT2D eigenvalue weighted by atomic mass is 32.2. The first-order valence-corrected chi connectivity index (χ1v) is 15.5. The minimum atomic E-state index is -5.08. The van der Waals surface area contributed by atoms with Gasteiger partial charge in [0.15, 0.2) is 5.82 Å². The number of anilines is 3. The molecule has 2 fully saturated rings. The van der Waals surface area contributed by atoms with Gasteiger partial charge in [-0.15, -0.1) is 0 Å². The molecule has 0 bridgehead atoms. The summed E-state index contributed by atoms with van der Waals surface area (Å²) in [6, 6.07) is 5.97. The van der Waals surface area contributed by atoms with E-state index in [1.165, 1.54) is 12.8 Å². The molecular weight excluding hydrogens is 585 g/mol. The van der Waals surface area contributed by atoms with Crippen LogP contribution in [0, 0.1) is 6.92 Å². The highest BCUT2D eigenvalue weighted by molar-refractivity contribution is 7.87. The van der Waals surface area contributed by atoms with E-state index in [0.717, 1.165) is 97.3 Å². The first-order chi connectivity index (χ1) is 20.5. The maximum Gasteiger partial charge on any atom is 0.490 e. The van der Waals surface area contributed by atoms with E-state index in [1.54, 1.807) is 13.4 Å². The van der Waals surface area contributed by atoms with Crippen LogP contribution in [-0.4, -0.2) is 65.9 Å². The number of aryl methyl sites for hydroxylation is 1. The van der Waals surface area contributed by atoms with Gasteiger partial charge < -0.3 is 24.6 Å². The van der Waals surface area contributed by atoms with Crippen molar-refractivity contribution in [2.75, 3.05) is 30.4 Å². The molecule has 14 heteroatoms. The third-order valence-electron chi connectivity index (χ3n) is 8.07. The van der Waals surface area contributed by atoms with Gasteiger partial charge in [-0.05, 0) is 51.2 Å². The molecule has 3 aliphatic rings. The molecule has 1 saturated heterocycles. The number of carboxylic acids is 1. The quantitative estimate of drug-likeness (QED) is 0.369. The van der Waals surface area contributed by atoms with Crippen LogP contribution in [0.5, 0.6) is 5.75 Å². The van der Waals surface area contributed by atoms with Crippen molar-refractivity contribution in [3.05, 3.63) is 42.1 Å². The molecule has 3 aromatic rings. The van der Waals surface area contributed by atoms with E-state index in [4.69, 9.17) is 24.6 Å². The zero-order chi connectivity index (χ0) is 30.8. The lowest BCUT2D eigenvalue weighted by Crippen LogP contribution is -2.35. The van der Waals surface area contributed by atoms with Gasteiger partial charge in [-0.25, -0.2) is 14.8 Å². The van der Waals surface area contributed by atoms with Gasteiger partial charge in [0.25, 0.3) is 0 Å². The second-order valence-electron chi connectivity index (χ2n) is 11.1. The summed E-state index contributed by atoms with van der Waals surface area (Å²) in [5, 5.41) is 10.6. The summed E-state index contributed by atoms with van der Waals surface area (Å²) in [6.07, 6.45) is 8.58. The van der Waals surface area contributed by atoms with Gasteiger partial charge in [0, 0.05) is 37.5 Å². The van der Waals surface area contributed by atoms with Crippen LogP contribution in [0.2, 0.25) is 0 Å². The molecule has 1 atom stereocenters. The number of methoxy groups -OCH3 is 1. The third kappa shape index (κ3) is 6.63. The molecule has 2 N–H and O–H groups in total. The van der Waals surface area contributed by atoms with Gasteiger partial charge in [0.1, 0.15) is 10.6 Å². The van der Waals surface area contributed by atoms with E-state index >= 15 is 0 Å². The summed E-state index contributed by atoms with van der Waals surface area (Å²) in [5.41, 5.74) is 3.68. The average Bonchev–Trinajstić information content (AvgIpc) is 3.53. The molecule has 1 spiro atoms. The fraction of sp³-hybridized carbons (Fsp3) is 0.517. The molecule has 2 aromatic heterocycles. The number of nitrogens with one attached hydrogen (secondary N) is 1. The Hall–Kier alpha value is -3.68. The summed E-state index contributed by atoms with van der Waals surface area (Å²) in [6.45, 7) is 3.88. The number of hydrogen-bond donors (Lipinski definition) is 2. The number of halogens is 3. The van der Waals surface area contributed by atoms with E-state index < -0.39 is 22.9 Å². The molecule has 232 valence electrons. The van der Waals surface area contributed by atoms with Crippen LogP contribution in [0.25, 0.3) is 5.69 Å². The van der Waals surface area contributed by atoms with Gasteiger partial charge in [0.05, 0.1) is 46.1 Å². The van der Waals surface area contributed by atoms with E-state index in [2.05, 4.69) is 15.2 Å². The number of carbonyl (C=O) groups is 1. The van der Waals surface area contributed by atoms with E-state index in [9.17, 15) is 17.4 Å². The molecule has 0 radical (unpaired) electrons. The van der Waals surface area contributed by atoms with Crippen LogP contribution in [0.4, 0.5) is 30.6 Å². The molecule has 1 unspecified atom stereocenters. The Morgan fingerprint density at radius 3 is 2.37 bits per heavy atom. The van der Waals surface area contributed by atoms with Crippen molar-refractivity contribution in [3.8, 4) is 11.4 Å². The van der Waals surface area contributed by atoms with Gasteiger partial charge in [-0.2, -0.15) is 18.2 Å². The Morgan fingerprint density at radius 1 is 1.09 bits per heavy atom. The van der Waals surface area contributed by atoms with Crippen molar-refractivity contribution in [1.82, 2.24) is 19.5 Å². The van der Waals surface area contributed by atoms with Gasteiger partial charge in [-0.3, -0.25) is 4.21 Å². The topological polar surface area (TPSA) is 122 Å². The minimum absolute atomic E-state index is 0.160. The fourth-order valence-electron chi connectivity index (χ4n) is 5.97. The maximum atomic E-state index is 13.9. The lowest BCUT2D eigenvalue weighted by molar-refractivity contribution is -0.192. The highest BCUT2D eigenvalue weighted by Gasteiger charge is 2.48. The number of aliphatic carboxylic acids is 1. The molecular formula is C29H35F3N6O4S. The number of benzene rings is 1. The number of rotatable bonds is 5. The van der Waals surface area contributed by atoms with Crippen molar-refractivity contribution >= 4 is 34.2 Å². The second-order valence-corrected chi connectivity index (χ2v) is 12.9. The standard InChI is InChI=1S/C27H34N6O2S.C2HF3O2/c1-19-17-33(18-28-19)22-10-9-20(15-23(22)35-2)29-26-30-21-16-27(11-5-3-6-12-27)36(34)24(21)25(31-26)32-13-7-4-8-14-32;3-2(4,5)1(6)7/h9-10,15,17-18H,3-8,11-14,16H2,1-2H3,(H,29,30,31);(H,6,7). The van der Waals surface area contributed by atoms with Crippen LogP contribution in [0.3, 0.4) is 0 Å². The van der Waals surface area contributed by atoms with Crippen LogP contribution in [0.15, 0.2) is 35.6 Å². The molecule has 1 saturated carbocycles. The van der Waals surface area contributed by atoms with E-state index in [0.29, 0.717) is 5.95 Å². The number of nitrogens with zero attached hydrogens (tertiary/aromatic N) is 5. The number of imidazole rings is 1. The number of carboxylic acid groups (broad SMARTS) is 1. The first kappa shape index (κ1) is 30.8. The maximum absolute atomic E-state index is 13.9. The zero-order valence-corrected chi connectivity index (χ0v) is 24.9. The molecule has 6 rings (SSSR count). The van der Waals surface area contributed by atoms with Gasteiger partial charge in [0.2, 0.25) is 5.95 Å². The van der Waals surface area contributed by atoms with E-state index in [1.807, 2.05) is 35.9 Å². The van der Waals surface area contributed by atoms with Crippen molar-refractivity contribution in [2.24, 2.45) is 0 Å². The van der Waals surface area contributed by atoms with Gasteiger partial charge in [-0.1, -0.05) is 19.3 Å². The van der Waals surface area contributed by atoms with Crippen molar-refractivity contribution in [2.45, 2.75) is 80.5 Å². The molecule has 2 aliphatic heterocycles. The Bertz CT molecular complexity index is 1500. The largest absolute Gasteiger partial charge is 0.494 e. The lowest BCUT2D eigenvalue weighted by Gasteiger charge is -2.32.